The quantitative estimate of drug-likeness (QED) is 0.813. The molecule has 1 amide bonds. The zero-order valence-corrected chi connectivity index (χ0v) is 15.9. The number of nitrogens with one attached hydrogen (secondary N) is 1. The standard InChI is InChI=1S/C23H29NO2/c1-16-9-14-20(21(25)15-16)23(2,3)18-10-12-19(13-11-18)24-22(26)17-7-5-4-6-8-17/h4-8,10-13,16,20-21,25H,9,14-15H2,1-3H3,(H,24,26)/t16-,20-,21-/m1/s1. The third-order valence-corrected chi connectivity index (χ3v) is 5.93. The highest BCUT2D eigenvalue weighted by Crippen LogP contribution is 2.42. The molecule has 0 unspecified atom stereocenters. The van der Waals surface area contributed by atoms with Crippen LogP contribution in [0.2, 0.25) is 0 Å². The van der Waals surface area contributed by atoms with Crippen LogP contribution in [0.3, 0.4) is 0 Å². The van der Waals surface area contributed by atoms with Gasteiger partial charge in [-0.3, -0.25) is 4.79 Å². The molecule has 0 saturated heterocycles. The van der Waals surface area contributed by atoms with E-state index in [2.05, 4.69) is 38.2 Å². The van der Waals surface area contributed by atoms with Gasteiger partial charge in [-0.2, -0.15) is 0 Å². The van der Waals surface area contributed by atoms with Crippen molar-refractivity contribution in [2.75, 3.05) is 5.32 Å². The van der Waals surface area contributed by atoms with Crippen molar-refractivity contribution in [3.8, 4) is 0 Å². The molecule has 3 rings (SSSR count). The topological polar surface area (TPSA) is 49.3 Å². The Morgan fingerprint density at radius 2 is 1.69 bits per heavy atom. The van der Waals surface area contributed by atoms with E-state index in [1.165, 1.54) is 12.0 Å². The number of aliphatic hydroxyl groups excluding tert-OH is 1. The summed E-state index contributed by atoms with van der Waals surface area (Å²) in [6, 6.07) is 17.3. The zero-order chi connectivity index (χ0) is 18.7. The number of carbonyl (C=O) groups is 1. The van der Waals surface area contributed by atoms with Gasteiger partial charge in [-0.25, -0.2) is 0 Å². The molecule has 1 aliphatic rings. The normalized spacial score (nSPS) is 23.5. The molecule has 2 aromatic carbocycles. The average molecular weight is 351 g/mol. The lowest BCUT2D eigenvalue weighted by Crippen LogP contribution is -2.41. The second kappa shape index (κ2) is 7.63. The first-order chi connectivity index (χ1) is 12.4. The predicted octanol–water partition coefficient (Wildman–Crippen LogP) is 5.01. The molecule has 3 nitrogen and oxygen atoms in total. The maximum Gasteiger partial charge on any atom is 0.255 e. The fraction of sp³-hybridized carbons (Fsp3) is 0.435. The highest BCUT2D eigenvalue weighted by Gasteiger charge is 2.39. The number of carbonyl (C=O) groups excluding carboxylic acids is 1. The van der Waals surface area contributed by atoms with E-state index in [-0.39, 0.29) is 23.3 Å². The number of hydrogen-bond acceptors (Lipinski definition) is 2. The van der Waals surface area contributed by atoms with Crippen LogP contribution in [0.15, 0.2) is 54.6 Å². The summed E-state index contributed by atoms with van der Waals surface area (Å²) in [6.07, 6.45) is 2.88. The molecule has 2 aromatic rings. The Balaban J connectivity index is 1.71. The van der Waals surface area contributed by atoms with Crippen molar-refractivity contribution in [3.63, 3.8) is 0 Å². The zero-order valence-electron chi connectivity index (χ0n) is 15.9. The summed E-state index contributed by atoms with van der Waals surface area (Å²) in [6.45, 7) is 6.65. The van der Waals surface area contributed by atoms with Gasteiger partial charge in [0, 0.05) is 11.3 Å². The monoisotopic (exact) mass is 351 g/mol. The lowest BCUT2D eigenvalue weighted by Gasteiger charge is -2.42. The number of benzene rings is 2. The molecule has 3 heteroatoms. The molecule has 1 aliphatic carbocycles. The molecule has 2 N–H and O–H groups in total. The van der Waals surface area contributed by atoms with Crippen LogP contribution in [-0.2, 0) is 5.41 Å². The summed E-state index contributed by atoms with van der Waals surface area (Å²) in [5, 5.41) is 13.5. The predicted molar refractivity (Wildman–Crippen MR) is 106 cm³/mol. The maximum absolute atomic E-state index is 12.3. The molecule has 26 heavy (non-hydrogen) atoms. The minimum Gasteiger partial charge on any atom is -0.393 e. The minimum atomic E-state index is -0.244. The minimum absolute atomic E-state index is 0.0957. The molecule has 1 saturated carbocycles. The maximum atomic E-state index is 12.3. The van der Waals surface area contributed by atoms with E-state index in [9.17, 15) is 9.90 Å². The van der Waals surface area contributed by atoms with Crippen molar-refractivity contribution in [1.29, 1.82) is 0 Å². The summed E-state index contributed by atoms with van der Waals surface area (Å²) in [4.78, 5) is 12.3. The molecule has 1 fully saturated rings. The Kier molecular flexibility index (Phi) is 5.47. The van der Waals surface area contributed by atoms with Gasteiger partial charge in [0.1, 0.15) is 0 Å². The number of hydrogen-bond donors (Lipinski definition) is 2. The molecule has 0 radical (unpaired) electrons. The Labute approximate surface area is 156 Å². The van der Waals surface area contributed by atoms with Crippen molar-refractivity contribution in [2.45, 2.75) is 51.6 Å². The average Bonchev–Trinajstić information content (AvgIpc) is 2.62. The van der Waals surface area contributed by atoms with Crippen molar-refractivity contribution in [3.05, 3.63) is 65.7 Å². The summed E-state index contributed by atoms with van der Waals surface area (Å²) in [5.41, 5.74) is 2.54. The number of anilines is 1. The van der Waals surface area contributed by atoms with Crippen LogP contribution in [0, 0.1) is 11.8 Å². The van der Waals surface area contributed by atoms with E-state index in [0.717, 1.165) is 18.5 Å². The van der Waals surface area contributed by atoms with Gasteiger partial charge in [0.25, 0.3) is 5.91 Å². The molecule has 3 atom stereocenters. The van der Waals surface area contributed by atoms with Crippen LogP contribution in [0.5, 0.6) is 0 Å². The Morgan fingerprint density at radius 3 is 2.31 bits per heavy atom. The molecular weight excluding hydrogens is 322 g/mol. The van der Waals surface area contributed by atoms with Gasteiger partial charge in [0.05, 0.1) is 6.10 Å². The SMILES string of the molecule is C[C@@H]1CC[C@@H](C(C)(C)c2ccc(NC(=O)c3ccccc3)cc2)[C@H](O)C1. The van der Waals surface area contributed by atoms with E-state index >= 15 is 0 Å². The van der Waals surface area contributed by atoms with Gasteiger partial charge in [-0.1, -0.05) is 57.5 Å². The van der Waals surface area contributed by atoms with Gasteiger partial charge < -0.3 is 10.4 Å². The van der Waals surface area contributed by atoms with Gasteiger partial charge in [-0.05, 0) is 59.9 Å². The molecule has 0 aliphatic heterocycles. The lowest BCUT2D eigenvalue weighted by atomic mass is 9.64. The second-order valence-electron chi connectivity index (χ2n) is 8.21. The molecule has 0 aromatic heterocycles. The second-order valence-corrected chi connectivity index (χ2v) is 8.21. The van der Waals surface area contributed by atoms with E-state index in [1.807, 2.05) is 30.3 Å². The van der Waals surface area contributed by atoms with Crippen molar-refractivity contribution in [1.82, 2.24) is 0 Å². The first-order valence-corrected chi connectivity index (χ1v) is 9.53. The van der Waals surface area contributed by atoms with Crippen molar-refractivity contribution in [2.24, 2.45) is 11.8 Å². The lowest BCUT2D eigenvalue weighted by molar-refractivity contribution is 0.0143. The largest absolute Gasteiger partial charge is 0.393 e. The summed E-state index contributed by atoms with van der Waals surface area (Å²) < 4.78 is 0. The Morgan fingerprint density at radius 1 is 1.04 bits per heavy atom. The fourth-order valence-corrected chi connectivity index (χ4v) is 4.18. The van der Waals surface area contributed by atoms with Crippen molar-refractivity contribution < 1.29 is 9.90 Å². The molecular formula is C23H29NO2. The Hall–Kier alpha value is -2.13. The van der Waals surface area contributed by atoms with E-state index in [4.69, 9.17) is 0 Å². The number of aliphatic hydroxyl groups is 1. The first-order valence-electron chi connectivity index (χ1n) is 9.53. The molecule has 138 valence electrons. The van der Waals surface area contributed by atoms with Crippen LogP contribution < -0.4 is 5.32 Å². The van der Waals surface area contributed by atoms with Gasteiger partial charge >= 0.3 is 0 Å². The highest BCUT2D eigenvalue weighted by atomic mass is 16.3. The summed E-state index contributed by atoms with van der Waals surface area (Å²) in [7, 11) is 0. The van der Waals surface area contributed by atoms with Gasteiger partial charge in [-0.15, -0.1) is 0 Å². The number of rotatable bonds is 4. The molecule has 0 bridgehead atoms. The Bertz CT molecular complexity index is 737. The molecule has 0 heterocycles. The van der Waals surface area contributed by atoms with Gasteiger partial charge in [0.15, 0.2) is 0 Å². The van der Waals surface area contributed by atoms with E-state index < -0.39 is 0 Å². The number of amides is 1. The van der Waals surface area contributed by atoms with Gasteiger partial charge in [0.2, 0.25) is 0 Å². The van der Waals surface area contributed by atoms with E-state index in [1.54, 1.807) is 12.1 Å². The summed E-state index contributed by atoms with van der Waals surface area (Å²) >= 11 is 0. The third-order valence-electron chi connectivity index (χ3n) is 5.93. The van der Waals surface area contributed by atoms with Crippen molar-refractivity contribution >= 4 is 11.6 Å². The van der Waals surface area contributed by atoms with Crippen LogP contribution in [0.4, 0.5) is 5.69 Å². The van der Waals surface area contributed by atoms with Crippen LogP contribution >= 0.6 is 0 Å². The van der Waals surface area contributed by atoms with E-state index in [0.29, 0.717) is 11.5 Å². The smallest absolute Gasteiger partial charge is 0.255 e. The van der Waals surface area contributed by atoms with Crippen LogP contribution in [-0.4, -0.2) is 17.1 Å². The molecule has 0 spiro atoms. The van der Waals surface area contributed by atoms with Crippen LogP contribution in [0.25, 0.3) is 0 Å². The third kappa shape index (κ3) is 3.99. The first kappa shape index (κ1) is 18.7. The summed E-state index contributed by atoms with van der Waals surface area (Å²) in [5.74, 6) is 0.769. The highest BCUT2D eigenvalue weighted by molar-refractivity contribution is 6.04. The fourth-order valence-electron chi connectivity index (χ4n) is 4.18. The van der Waals surface area contributed by atoms with Crippen LogP contribution in [0.1, 0.15) is 56.0 Å².